The number of imidazole rings is 1. The van der Waals surface area contributed by atoms with Crippen LogP contribution in [0.3, 0.4) is 0 Å². The van der Waals surface area contributed by atoms with Crippen LogP contribution in [0.2, 0.25) is 0 Å². The molecule has 5 rings (SSSR count). The van der Waals surface area contributed by atoms with E-state index in [0.717, 1.165) is 44.7 Å². The van der Waals surface area contributed by atoms with Crippen molar-refractivity contribution in [3.05, 3.63) is 40.9 Å². The van der Waals surface area contributed by atoms with Gasteiger partial charge in [-0.05, 0) is 44.2 Å². The maximum atomic E-state index is 12.5. The Bertz CT molecular complexity index is 1060. The molecule has 2 aliphatic rings. The van der Waals surface area contributed by atoms with Crippen LogP contribution in [0.4, 0.5) is 17.3 Å². The van der Waals surface area contributed by atoms with E-state index in [0.29, 0.717) is 17.1 Å². The summed E-state index contributed by atoms with van der Waals surface area (Å²) >= 11 is 0. The molecule has 2 N–H and O–H groups in total. The van der Waals surface area contributed by atoms with Crippen molar-refractivity contribution < 1.29 is 0 Å². The highest BCUT2D eigenvalue weighted by atomic mass is 16.1. The quantitative estimate of drug-likeness (QED) is 0.692. The molecule has 0 unspecified atom stereocenters. The monoisotopic (exact) mass is 407 g/mol. The number of benzene rings is 1. The van der Waals surface area contributed by atoms with Crippen LogP contribution < -0.4 is 15.9 Å². The number of H-pyrrole nitrogens is 1. The molecule has 1 saturated heterocycles. The van der Waals surface area contributed by atoms with Gasteiger partial charge in [0.15, 0.2) is 5.65 Å². The topological polar surface area (TPSA) is 82.1 Å². The van der Waals surface area contributed by atoms with Gasteiger partial charge in [-0.1, -0.05) is 19.3 Å². The number of anilines is 3. The van der Waals surface area contributed by atoms with Gasteiger partial charge < -0.3 is 20.1 Å². The molecule has 158 valence electrons. The summed E-state index contributed by atoms with van der Waals surface area (Å²) < 4.78 is 1.83. The van der Waals surface area contributed by atoms with Gasteiger partial charge in [0.2, 0.25) is 5.95 Å². The van der Waals surface area contributed by atoms with E-state index in [-0.39, 0.29) is 11.7 Å². The molecule has 1 aromatic carbocycles. The van der Waals surface area contributed by atoms with Crippen molar-refractivity contribution in [3.63, 3.8) is 0 Å². The maximum absolute atomic E-state index is 12.5. The van der Waals surface area contributed by atoms with Gasteiger partial charge in [-0.25, -0.2) is 9.78 Å². The fraction of sp³-hybridized carbons (Fsp3) is 0.500. The molecular formula is C22H29N7O. The van der Waals surface area contributed by atoms with E-state index in [1.54, 1.807) is 6.20 Å². The number of rotatable bonds is 4. The number of fused-ring (bicyclic) bond motifs is 1. The second kappa shape index (κ2) is 8.10. The molecule has 3 heterocycles. The Morgan fingerprint density at radius 3 is 2.50 bits per heavy atom. The van der Waals surface area contributed by atoms with Crippen molar-refractivity contribution in [2.75, 3.05) is 43.4 Å². The predicted octanol–water partition coefficient (Wildman–Crippen LogP) is 3.12. The average molecular weight is 408 g/mol. The van der Waals surface area contributed by atoms with E-state index in [9.17, 15) is 4.79 Å². The Morgan fingerprint density at radius 2 is 1.77 bits per heavy atom. The fourth-order valence-corrected chi connectivity index (χ4v) is 4.60. The molecule has 1 aliphatic heterocycles. The standard InChI is InChI=1S/C22H29N7O/c1-27-11-13-28(14-12-27)17-9-7-16(8-10-17)24-21-23-15-19-20(26-21)29(22(30)25-19)18-5-3-2-4-6-18/h7-10,15,18H,2-6,11-14H2,1H3,(H,25,30)(H,23,24,26). The molecule has 0 radical (unpaired) electrons. The zero-order chi connectivity index (χ0) is 20.5. The number of nitrogens with zero attached hydrogens (tertiary/aromatic N) is 5. The predicted molar refractivity (Wildman–Crippen MR) is 120 cm³/mol. The Hall–Kier alpha value is -2.87. The SMILES string of the molecule is CN1CCN(c2ccc(Nc3ncc4[nH]c(=O)n(C5CCCCC5)c4n3)cc2)CC1. The van der Waals surface area contributed by atoms with Crippen LogP contribution in [0.1, 0.15) is 38.1 Å². The number of hydrogen-bond acceptors (Lipinski definition) is 6. The summed E-state index contributed by atoms with van der Waals surface area (Å²) in [6.45, 7) is 4.28. The second-order valence-corrected chi connectivity index (χ2v) is 8.49. The molecule has 0 bridgehead atoms. The largest absolute Gasteiger partial charge is 0.369 e. The van der Waals surface area contributed by atoms with Crippen molar-refractivity contribution in [2.24, 2.45) is 0 Å². The fourth-order valence-electron chi connectivity index (χ4n) is 4.60. The Labute approximate surface area is 175 Å². The van der Waals surface area contributed by atoms with Gasteiger partial charge in [0.1, 0.15) is 5.52 Å². The molecule has 3 aromatic rings. The number of aromatic nitrogens is 4. The summed E-state index contributed by atoms with van der Waals surface area (Å²) in [4.78, 5) is 29.3. The third-order valence-corrected chi connectivity index (χ3v) is 6.39. The number of nitrogens with one attached hydrogen (secondary N) is 2. The van der Waals surface area contributed by atoms with Gasteiger partial charge in [0, 0.05) is 43.6 Å². The molecule has 0 spiro atoms. The summed E-state index contributed by atoms with van der Waals surface area (Å²) in [6, 6.07) is 8.63. The maximum Gasteiger partial charge on any atom is 0.327 e. The molecule has 2 aromatic heterocycles. The van der Waals surface area contributed by atoms with Crippen LogP contribution in [0.25, 0.3) is 11.2 Å². The highest BCUT2D eigenvalue weighted by Gasteiger charge is 2.21. The van der Waals surface area contributed by atoms with Crippen molar-refractivity contribution in [1.29, 1.82) is 0 Å². The van der Waals surface area contributed by atoms with Crippen molar-refractivity contribution in [1.82, 2.24) is 24.4 Å². The third-order valence-electron chi connectivity index (χ3n) is 6.39. The van der Waals surface area contributed by atoms with Crippen molar-refractivity contribution in [2.45, 2.75) is 38.1 Å². The number of hydrogen-bond donors (Lipinski definition) is 2. The van der Waals surface area contributed by atoms with Crippen LogP contribution >= 0.6 is 0 Å². The lowest BCUT2D eigenvalue weighted by atomic mass is 9.95. The van der Waals surface area contributed by atoms with Crippen molar-refractivity contribution >= 4 is 28.5 Å². The second-order valence-electron chi connectivity index (χ2n) is 8.49. The molecule has 1 saturated carbocycles. The first kappa shape index (κ1) is 19.1. The lowest BCUT2D eigenvalue weighted by molar-refractivity contribution is 0.313. The highest BCUT2D eigenvalue weighted by molar-refractivity contribution is 5.72. The lowest BCUT2D eigenvalue weighted by Gasteiger charge is -2.34. The normalized spacial score (nSPS) is 18.8. The highest BCUT2D eigenvalue weighted by Crippen LogP contribution is 2.29. The number of likely N-dealkylation sites (N-methyl/N-ethyl adjacent to an activating group) is 1. The minimum atomic E-state index is -0.0834. The van der Waals surface area contributed by atoms with Crippen LogP contribution in [0, 0.1) is 0 Å². The summed E-state index contributed by atoms with van der Waals surface area (Å²) in [7, 11) is 2.17. The van der Waals surface area contributed by atoms with Gasteiger partial charge in [0.05, 0.1) is 6.20 Å². The van der Waals surface area contributed by atoms with Crippen LogP contribution in [0.5, 0.6) is 0 Å². The number of piperazine rings is 1. The van der Waals surface area contributed by atoms with Gasteiger partial charge in [-0.15, -0.1) is 0 Å². The minimum Gasteiger partial charge on any atom is -0.369 e. The third kappa shape index (κ3) is 3.79. The van der Waals surface area contributed by atoms with Crippen molar-refractivity contribution in [3.8, 4) is 0 Å². The minimum absolute atomic E-state index is 0.0834. The first-order valence-corrected chi connectivity index (χ1v) is 11.0. The summed E-state index contributed by atoms with van der Waals surface area (Å²) in [5, 5.41) is 3.29. The van der Waals surface area contributed by atoms with Gasteiger partial charge >= 0.3 is 5.69 Å². The van der Waals surface area contributed by atoms with Crippen LogP contribution in [0.15, 0.2) is 35.3 Å². The Morgan fingerprint density at radius 1 is 1.03 bits per heavy atom. The van der Waals surface area contributed by atoms with E-state index in [4.69, 9.17) is 0 Å². The van der Waals surface area contributed by atoms with Gasteiger partial charge in [-0.3, -0.25) is 4.57 Å². The van der Waals surface area contributed by atoms with E-state index in [2.05, 4.69) is 61.4 Å². The molecule has 30 heavy (non-hydrogen) atoms. The first-order chi connectivity index (χ1) is 14.7. The smallest absolute Gasteiger partial charge is 0.327 e. The molecule has 0 amide bonds. The summed E-state index contributed by atoms with van der Waals surface area (Å²) in [5.41, 5.74) is 3.48. The zero-order valence-electron chi connectivity index (χ0n) is 17.5. The van der Waals surface area contributed by atoms with E-state index in [1.807, 2.05) is 4.57 Å². The molecule has 8 heteroatoms. The van der Waals surface area contributed by atoms with Gasteiger partial charge in [0.25, 0.3) is 0 Å². The van der Waals surface area contributed by atoms with E-state index >= 15 is 0 Å². The molecule has 2 fully saturated rings. The van der Waals surface area contributed by atoms with E-state index in [1.165, 1.54) is 24.9 Å². The average Bonchev–Trinajstić information content (AvgIpc) is 3.10. The Balaban J connectivity index is 1.35. The molecule has 0 atom stereocenters. The Kier molecular flexibility index (Phi) is 5.16. The lowest BCUT2D eigenvalue weighted by Crippen LogP contribution is -2.44. The number of aromatic amines is 1. The summed E-state index contributed by atoms with van der Waals surface area (Å²) in [5.74, 6) is 0.512. The van der Waals surface area contributed by atoms with Crippen LogP contribution in [-0.4, -0.2) is 57.6 Å². The molecule has 1 aliphatic carbocycles. The molecule has 8 nitrogen and oxygen atoms in total. The van der Waals surface area contributed by atoms with Crippen LogP contribution in [-0.2, 0) is 0 Å². The van der Waals surface area contributed by atoms with Gasteiger partial charge in [-0.2, -0.15) is 4.98 Å². The first-order valence-electron chi connectivity index (χ1n) is 11.0. The zero-order valence-corrected chi connectivity index (χ0v) is 17.5. The summed E-state index contributed by atoms with van der Waals surface area (Å²) in [6.07, 6.45) is 7.35. The molecular weight excluding hydrogens is 378 g/mol. The van der Waals surface area contributed by atoms with E-state index < -0.39 is 0 Å².